The zero-order chi connectivity index (χ0) is 45.4. The van der Waals surface area contributed by atoms with Crippen LogP contribution < -0.4 is 0 Å². The Labute approximate surface area is 430 Å². The van der Waals surface area contributed by atoms with E-state index in [2.05, 4.69) is 249 Å². The van der Waals surface area contributed by atoms with Gasteiger partial charge in [0.15, 0.2) is 0 Å². The van der Waals surface area contributed by atoms with Crippen molar-refractivity contribution in [2.75, 3.05) is 0 Å². The molecule has 0 aliphatic heterocycles. The third-order valence-corrected chi connectivity index (χ3v) is 12.3. The van der Waals surface area contributed by atoms with Crippen LogP contribution in [-0.4, -0.2) is 6.88 Å². The van der Waals surface area contributed by atoms with Gasteiger partial charge in [-0.2, -0.15) is 12.1 Å². The molecule has 0 aromatic heterocycles. The molecule has 8 aromatic carbocycles. The van der Waals surface area contributed by atoms with E-state index in [9.17, 15) is 0 Å². The van der Waals surface area contributed by atoms with E-state index in [0.717, 1.165) is 0 Å². The predicted octanol–water partition coefficient (Wildman–Crippen LogP) is 19.0. The molecular weight excluding hydrogens is 935 g/mol. The monoisotopic (exact) mass is 1010 g/mol. The van der Waals surface area contributed by atoms with Gasteiger partial charge in [0.1, 0.15) is 0 Å². The SMILES string of the molecule is Cc1cc2c(-c3ccc(C(C)(C)C)cc3)ccc(-c3ccc(C(C)(C)C)cc3)c2[cH-]1.Cc1cc2c(-c3ccc(C(C)(C)C)cc3)ccc(-c3ccc(C(C)(C)C)cc3)c2[cH-]1.Cl.Cl.[CH3-].[CH3-].[Si]=[Zr]. The van der Waals surface area contributed by atoms with Crippen LogP contribution in [0, 0.1) is 28.7 Å². The van der Waals surface area contributed by atoms with E-state index >= 15 is 0 Å². The zero-order valence-electron chi connectivity index (χ0n) is 42.7. The van der Waals surface area contributed by atoms with Crippen LogP contribution in [0.2, 0.25) is 0 Å². The Morgan fingerprint density at radius 3 is 0.742 bits per heavy atom. The molecule has 8 aromatic rings. The summed E-state index contributed by atoms with van der Waals surface area (Å²) in [6.45, 7) is 34.6. The molecule has 348 valence electrons. The number of fused-ring (bicyclic) bond motifs is 2. The Morgan fingerprint density at radius 1 is 0.333 bits per heavy atom. The first kappa shape index (κ1) is 58.3. The average Bonchev–Trinajstić information content (AvgIpc) is 3.82. The summed E-state index contributed by atoms with van der Waals surface area (Å²) < 4.78 is 0. The first-order chi connectivity index (χ1) is 29.1. The van der Waals surface area contributed by atoms with Gasteiger partial charge in [0.2, 0.25) is 0 Å². The Bertz CT molecular complexity index is 2390. The summed E-state index contributed by atoms with van der Waals surface area (Å²) in [5.74, 6) is 0. The van der Waals surface area contributed by atoms with Crippen LogP contribution >= 0.6 is 24.8 Å². The minimum atomic E-state index is 0. The fourth-order valence-corrected chi connectivity index (χ4v) is 8.49. The van der Waals surface area contributed by atoms with Crippen LogP contribution in [0.3, 0.4) is 0 Å². The summed E-state index contributed by atoms with van der Waals surface area (Å²) in [6.07, 6.45) is 0. The molecule has 0 atom stereocenters. The molecule has 0 spiro atoms. The van der Waals surface area contributed by atoms with Gasteiger partial charge < -0.3 is 14.9 Å². The maximum atomic E-state index is 3.06. The molecule has 2 radical (unpaired) electrons. The van der Waals surface area contributed by atoms with Crippen LogP contribution in [0.4, 0.5) is 0 Å². The summed E-state index contributed by atoms with van der Waals surface area (Å²) in [4.78, 5) is 0. The number of rotatable bonds is 4. The molecule has 0 unspecified atom stereocenters. The van der Waals surface area contributed by atoms with Crippen molar-refractivity contribution in [2.45, 2.75) is 119 Å². The van der Waals surface area contributed by atoms with Crippen molar-refractivity contribution in [1.82, 2.24) is 0 Å². The van der Waals surface area contributed by atoms with E-state index in [4.69, 9.17) is 0 Å². The molecule has 8 rings (SSSR count). The van der Waals surface area contributed by atoms with Gasteiger partial charge in [-0.15, -0.1) is 69.6 Å². The average molecular weight is 1010 g/mol. The Kier molecular flexibility index (Phi) is 20.3. The number of halogens is 2. The van der Waals surface area contributed by atoms with E-state index < -0.39 is 0 Å². The minimum absolute atomic E-state index is 0. The van der Waals surface area contributed by atoms with Crippen molar-refractivity contribution in [2.24, 2.45) is 0 Å². The number of hydrogen-bond donors (Lipinski definition) is 0. The Hall–Kier alpha value is -3.78. The third kappa shape index (κ3) is 13.3. The second-order valence-corrected chi connectivity index (χ2v) is 21.4. The van der Waals surface area contributed by atoms with Gasteiger partial charge in [-0.05, 0) is 55.0 Å². The van der Waals surface area contributed by atoms with Crippen molar-refractivity contribution in [3.05, 3.63) is 194 Å². The fraction of sp³-hybridized carbons (Fsp3) is 0.290. The van der Waals surface area contributed by atoms with E-state index in [1.165, 1.54) is 123 Å². The molecule has 0 saturated heterocycles. The molecule has 0 aliphatic carbocycles. The molecule has 0 nitrogen and oxygen atoms in total. The summed E-state index contributed by atoms with van der Waals surface area (Å²) in [5, 5.41) is 5.36. The number of benzene rings is 6. The molecule has 66 heavy (non-hydrogen) atoms. The quantitative estimate of drug-likeness (QED) is 0.122. The van der Waals surface area contributed by atoms with E-state index in [-0.39, 0.29) is 61.3 Å². The fourth-order valence-electron chi connectivity index (χ4n) is 8.49. The number of hydrogen-bond acceptors (Lipinski definition) is 0. The van der Waals surface area contributed by atoms with Gasteiger partial charge in [0, 0.05) is 0 Å². The summed E-state index contributed by atoms with van der Waals surface area (Å²) in [6, 6.07) is 54.9. The zero-order valence-corrected chi connectivity index (χ0v) is 47.8. The Balaban J connectivity index is 0.000000413. The van der Waals surface area contributed by atoms with Crippen LogP contribution in [0.1, 0.15) is 116 Å². The third-order valence-electron chi connectivity index (χ3n) is 12.3. The molecule has 0 bridgehead atoms. The summed E-state index contributed by atoms with van der Waals surface area (Å²) in [7, 11) is 0. The van der Waals surface area contributed by atoms with Crippen molar-refractivity contribution in [1.29, 1.82) is 0 Å². The molecule has 0 N–H and O–H groups in total. The van der Waals surface area contributed by atoms with Crippen LogP contribution in [0.25, 0.3) is 66.1 Å². The van der Waals surface area contributed by atoms with Crippen LogP contribution in [-0.2, 0) is 45.0 Å². The van der Waals surface area contributed by atoms with Crippen molar-refractivity contribution in [3.63, 3.8) is 0 Å². The van der Waals surface area contributed by atoms with Crippen LogP contribution in [0.15, 0.2) is 146 Å². The van der Waals surface area contributed by atoms with Gasteiger partial charge in [0.25, 0.3) is 0 Å². The standard InChI is InChI=1S/2C30H33.2CH3.2ClH.Si.Zr/c2*1-20-18-27-25(21-8-12-23(13-9-21)29(2,3)4)16-17-26(28(27)19-20)22-10-14-24(15-11-22)30(5,6)7;;;;;;/h2*8-19H,1-7H3;2*1H3;2*1H;;/q4*-1;;;;. The topological polar surface area (TPSA) is 0 Å². The molecule has 0 aliphatic rings. The second kappa shape index (κ2) is 23.0. The van der Waals surface area contributed by atoms with Gasteiger partial charge in [-0.25, -0.2) is 0 Å². The molecule has 0 fully saturated rings. The van der Waals surface area contributed by atoms with Crippen molar-refractivity contribution in [3.8, 4) is 44.5 Å². The molecule has 0 saturated carbocycles. The Morgan fingerprint density at radius 2 is 0.530 bits per heavy atom. The van der Waals surface area contributed by atoms with Crippen molar-refractivity contribution >= 4 is 53.2 Å². The van der Waals surface area contributed by atoms with Gasteiger partial charge in [0.05, 0.1) is 0 Å². The summed E-state index contributed by atoms with van der Waals surface area (Å²) >= 11 is 1.36. The van der Waals surface area contributed by atoms with Gasteiger partial charge in [-0.1, -0.05) is 252 Å². The van der Waals surface area contributed by atoms with E-state index in [1.807, 2.05) is 0 Å². The van der Waals surface area contributed by atoms with Gasteiger partial charge in [-0.3, -0.25) is 0 Å². The number of aryl methyl sites for hydroxylation is 2. The maximum absolute atomic E-state index is 3.06. The first-order valence-corrected chi connectivity index (χ1v) is 26.4. The van der Waals surface area contributed by atoms with E-state index in [1.54, 1.807) is 0 Å². The normalized spacial score (nSPS) is 11.4. The predicted molar refractivity (Wildman–Crippen MR) is 298 cm³/mol. The summed E-state index contributed by atoms with van der Waals surface area (Å²) in [5.41, 5.74) is 19.2. The molecule has 0 heterocycles. The molecule has 0 amide bonds. The van der Waals surface area contributed by atoms with E-state index in [0.29, 0.717) is 0 Å². The molecular formula is C62H74Cl2SiZr-4. The van der Waals surface area contributed by atoms with Gasteiger partial charge >= 0.3 is 30.2 Å². The van der Waals surface area contributed by atoms with Crippen LogP contribution in [0.5, 0.6) is 0 Å². The van der Waals surface area contributed by atoms with Crippen molar-refractivity contribution < 1.29 is 23.3 Å². The molecule has 4 heteroatoms. The first-order valence-electron chi connectivity index (χ1n) is 22.2. The second-order valence-electron chi connectivity index (χ2n) is 21.4.